The lowest BCUT2D eigenvalue weighted by Gasteiger charge is -2.20. The van der Waals surface area contributed by atoms with E-state index in [9.17, 15) is 19.8 Å². The van der Waals surface area contributed by atoms with E-state index in [-0.39, 0.29) is 18.5 Å². The molecule has 2 atom stereocenters. The molecule has 1 amide bonds. The molecule has 0 aromatic carbocycles. The van der Waals surface area contributed by atoms with Crippen LogP contribution in [0.3, 0.4) is 0 Å². The Morgan fingerprint density at radius 2 is 0.697 bits per heavy atom. The van der Waals surface area contributed by atoms with Crippen LogP contribution in [0.4, 0.5) is 0 Å². The molecular formula is C60H117NO5. The summed E-state index contributed by atoms with van der Waals surface area (Å²) in [6.07, 6.45) is 66.6. The fourth-order valence-corrected chi connectivity index (χ4v) is 9.46. The summed E-state index contributed by atoms with van der Waals surface area (Å²) in [6.45, 7) is 4.89. The molecule has 66 heavy (non-hydrogen) atoms. The van der Waals surface area contributed by atoms with Gasteiger partial charge in [-0.3, -0.25) is 9.59 Å². The van der Waals surface area contributed by atoms with Crippen LogP contribution in [0.5, 0.6) is 0 Å². The summed E-state index contributed by atoms with van der Waals surface area (Å²) in [4.78, 5) is 24.6. The van der Waals surface area contributed by atoms with Crippen LogP contribution in [0.1, 0.15) is 335 Å². The van der Waals surface area contributed by atoms with Crippen LogP contribution in [0.15, 0.2) is 12.2 Å². The highest BCUT2D eigenvalue weighted by molar-refractivity contribution is 5.76. The van der Waals surface area contributed by atoms with Gasteiger partial charge < -0.3 is 20.3 Å². The van der Waals surface area contributed by atoms with Crippen LogP contribution in [0.2, 0.25) is 0 Å². The molecule has 392 valence electrons. The van der Waals surface area contributed by atoms with Crippen molar-refractivity contribution in [2.75, 3.05) is 13.2 Å². The molecule has 0 radical (unpaired) electrons. The maximum atomic E-state index is 12.5. The molecule has 0 aliphatic rings. The summed E-state index contributed by atoms with van der Waals surface area (Å²) in [5.41, 5.74) is 0. The van der Waals surface area contributed by atoms with Crippen LogP contribution in [-0.4, -0.2) is 47.4 Å². The van der Waals surface area contributed by atoms with Crippen molar-refractivity contribution in [1.29, 1.82) is 0 Å². The molecule has 0 saturated heterocycles. The zero-order chi connectivity index (χ0) is 47.9. The number of nitrogens with one attached hydrogen (secondary N) is 1. The first-order valence-electron chi connectivity index (χ1n) is 30.0. The van der Waals surface area contributed by atoms with Gasteiger partial charge in [0, 0.05) is 12.8 Å². The fourth-order valence-electron chi connectivity index (χ4n) is 9.46. The third kappa shape index (κ3) is 52.0. The predicted octanol–water partition coefficient (Wildman–Crippen LogP) is 18.5. The Labute approximate surface area is 412 Å². The van der Waals surface area contributed by atoms with Crippen LogP contribution in [0, 0.1) is 0 Å². The monoisotopic (exact) mass is 932 g/mol. The van der Waals surface area contributed by atoms with Crippen molar-refractivity contribution >= 4 is 11.9 Å². The molecule has 3 N–H and O–H groups in total. The molecule has 0 rings (SSSR count). The van der Waals surface area contributed by atoms with Crippen molar-refractivity contribution in [2.45, 2.75) is 347 Å². The molecule has 0 bridgehead atoms. The van der Waals surface area contributed by atoms with Crippen LogP contribution < -0.4 is 5.32 Å². The van der Waals surface area contributed by atoms with Gasteiger partial charge in [0.1, 0.15) is 0 Å². The van der Waals surface area contributed by atoms with E-state index in [4.69, 9.17) is 4.74 Å². The van der Waals surface area contributed by atoms with E-state index in [1.807, 2.05) is 6.08 Å². The third-order valence-electron chi connectivity index (χ3n) is 14.1. The predicted molar refractivity (Wildman–Crippen MR) is 287 cm³/mol. The van der Waals surface area contributed by atoms with Gasteiger partial charge in [0.2, 0.25) is 5.91 Å². The van der Waals surface area contributed by atoms with E-state index >= 15 is 0 Å². The molecule has 0 aliphatic heterocycles. The number of esters is 1. The lowest BCUT2D eigenvalue weighted by Crippen LogP contribution is -2.45. The second-order valence-corrected chi connectivity index (χ2v) is 20.7. The maximum absolute atomic E-state index is 12.5. The summed E-state index contributed by atoms with van der Waals surface area (Å²) in [5, 5.41) is 23.2. The van der Waals surface area contributed by atoms with Gasteiger partial charge in [0.05, 0.1) is 25.4 Å². The SMILES string of the molecule is CCCCCCCCCCCCCCCCCCCC/C=C/C(O)C(CO)NC(=O)CCCCCCCCCCCCCOC(=O)CCCCCCCCCCCCCCCCCCCC. The molecule has 0 aromatic rings. The number of ether oxygens (including phenoxy) is 1. The van der Waals surface area contributed by atoms with Crippen molar-refractivity contribution in [3.05, 3.63) is 12.2 Å². The largest absolute Gasteiger partial charge is 0.466 e. The van der Waals surface area contributed by atoms with Gasteiger partial charge in [-0.25, -0.2) is 0 Å². The van der Waals surface area contributed by atoms with Crippen LogP contribution in [0.25, 0.3) is 0 Å². The summed E-state index contributed by atoms with van der Waals surface area (Å²) < 4.78 is 5.48. The Kier molecular flexibility index (Phi) is 55.0. The first-order valence-corrected chi connectivity index (χ1v) is 30.0. The molecule has 0 heterocycles. The Hall–Kier alpha value is -1.40. The third-order valence-corrected chi connectivity index (χ3v) is 14.1. The van der Waals surface area contributed by atoms with Crippen molar-refractivity contribution in [1.82, 2.24) is 5.32 Å². The number of carbonyl (C=O) groups is 2. The minimum Gasteiger partial charge on any atom is -0.466 e. The highest BCUT2D eigenvalue weighted by atomic mass is 16.5. The number of rotatable bonds is 56. The van der Waals surface area contributed by atoms with E-state index in [1.165, 1.54) is 250 Å². The number of hydrogen-bond acceptors (Lipinski definition) is 5. The minimum absolute atomic E-state index is 0.0101. The first kappa shape index (κ1) is 64.6. The van der Waals surface area contributed by atoms with Crippen LogP contribution in [-0.2, 0) is 14.3 Å². The van der Waals surface area contributed by atoms with E-state index in [2.05, 4.69) is 19.2 Å². The second kappa shape index (κ2) is 56.2. The number of aliphatic hydroxyl groups excluding tert-OH is 2. The fraction of sp³-hybridized carbons (Fsp3) is 0.933. The van der Waals surface area contributed by atoms with E-state index in [1.54, 1.807) is 6.08 Å². The standard InChI is InChI=1S/C60H117NO5/c1-3-5-7-9-11-13-15-17-19-21-23-24-25-27-29-32-36-40-44-48-52-58(63)57(56-62)61-59(64)53-49-45-41-37-33-31-35-39-43-47-51-55-66-60(65)54-50-46-42-38-34-30-28-26-22-20-18-16-14-12-10-8-6-4-2/h48,52,57-58,62-63H,3-47,49-51,53-56H2,1-2H3,(H,61,64)/b52-48+. The number of allylic oxidation sites excluding steroid dienone is 1. The van der Waals surface area contributed by atoms with E-state index in [0.717, 1.165) is 57.8 Å². The number of carbonyl (C=O) groups excluding carboxylic acids is 2. The van der Waals surface area contributed by atoms with E-state index in [0.29, 0.717) is 19.4 Å². The normalized spacial score (nSPS) is 12.6. The molecule has 6 nitrogen and oxygen atoms in total. The van der Waals surface area contributed by atoms with Crippen LogP contribution >= 0.6 is 0 Å². The molecule has 0 spiro atoms. The zero-order valence-corrected chi connectivity index (χ0v) is 44.7. The molecule has 0 fully saturated rings. The minimum atomic E-state index is -0.856. The zero-order valence-electron chi connectivity index (χ0n) is 44.7. The van der Waals surface area contributed by atoms with Gasteiger partial charge in [0.15, 0.2) is 0 Å². The molecule has 0 aromatic heterocycles. The van der Waals surface area contributed by atoms with E-state index < -0.39 is 12.1 Å². The average molecular weight is 933 g/mol. The topological polar surface area (TPSA) is 95.9 Å². The van der Waals surface area contributed by atoms with Gasteiger partial charge in [-0.2, -0.15) is 0 Å². The lowest BCUT2D eigenvalue weighted by atomic mass is 10.0. The van der Waals surface area contributed by atoms with Crippen molar-refractivity contribution < 1.29 is 24.5 Å². The molecule has 2 unspecified atom stereocenters. The van der Waals surface area contributed by atoms with Crippen molar-refractivity contribution in [3.8, 4) is 0 Å². The lowest BCUT2D eigenvalue weighted by molar-refractivity contribution is -0.143. The van der Waals surface area contributed by atoms with Crippen molar-refractivity contribution in [3.63, 3.8) is 0 Å². The smallest absolute Gasteiger partial charge is 0.305 e. The number of amides is 1. The highest BCUT2D eigenvalue weighted by Gasteiger charge is 2.18. The summed E-state index contributed by atoms with van der Waals surface area (Å²) >= 11 is 0. The Morgan fingerprint density at radius 1 is 0.409 bits per heavy atom. The maximum Gasteiger partial charge on any atom is 0.305 e. The Balaban J connectivity index is 3.47. The summed E-state index contributed by atoms with van der Waals surface area (Å²) in [6, 6.07) is -0.641. The summed E-state index contributed by atoms with van der Waals surface area (Å²) in [5.74, 6) is -0.0929. The van der Waals surface area contributed by atoms with Gasteiger partial charge in [0.25, 0.3) is 0 Å². The van der Waals surface area contributed by atoms with Crippen molar-refractivity contribution in [2.24, 2.45) is 0 Å². The Bertz CT molecular complexity index is 986. The van der Waals surface area contributed by atoms with Gasteiger partial charge >= 0.3 is 5.97 Å². The summed E-state index contributed by atoms with van der Waals surface area (Å²) in [7, 11) is 0. The average Bonchev–Trinajstić information content (AvgIpc) is 3.32. The number of unbranched alkanes of at least 4 members (excludes halogenated alkanes) is 45. The second-order valence-electron chi connectivity index (χ2n) is 20.7. The van der Waals surface area contributed by atoms with Gasteiger partial charge in [-0.05, 0) is 32.1 Å². The molecule has 6 heteroatoms. The highest BCUT2D eigenvalue weighted by Crippen LogP contribution is 2.18. The number of aliphatic hydroxyl groups is 2. The molecular weight excluding hydrogens is 815 g/mol. The van der Waals surface area contributed by atoms with Gasteiger partial charge in [-0.15, -0.1) is 0 Å². The molecule has 0 saturated carbocycles. The Morgan fingerprint density at radius 3 is 1.03 bits per heavy atom. The first-order chi connectivity index (χ1) is 32.5. The number of hydrogen-bond donors (Lipinski definition) is 3. The quantitative estimate of drug-likeness (QED) is 0.0321. The van der Waals surface area contributed by atoms with Gasteiger partial charge in [-0.1, -0.05) is 302 Å². The molecule has 0 aliphatic carbocycles.